The summed E-state index contributed by atoms with van der Waals surface area (Å²) in [5, 5.41) is 15.1. The van der Waals surface area contributed by atoms with Crippen LogP contribution in [0, 0.1) is 23.2 Å². The SMILES string of the molecule is CN(Cc1ccc(C(F)(F)F)cc1)c1c(CC(=O)NC(C(=O)O)C23CC4CC(CC(C4)C2)C3)ccc2ccccc12. The molecule has 0 heterocycles. The third-order valence-corrected chi connectivity index (χ3v) is 9.67. The number of hydrogen-bond acceptors (Lipinski definition) is 3. The highest BCUT2D eigenvalue weighted by atomic mass is 19.4. The van der Waals surface area contributed by atoms with E-state index in [4.69, 9.17) is 0 Å². The van der Waals surface area contributed by atoms with Gasteiger partial charge >= 0.3 is 12.1 Å². The number of anilines is 1. The number of fused-ring (bicyclic) bond motifs is 1. The van der Waals surface area contributed by atoms with Gasteiger partial charge in [0.15, 0.2) is 0 Å². The number of halogens is 3. The summed E-state index contributed by atoms with van der Waals surface area (Å²) in [5.41, 5.74) is 1.18. The minimum absolute atomic E-state index is 0.00760. The zero-order valence-corrected chi connectivity index (χ0v) is 23.1. The molecule has 1 unspecified atom stereocenters. The number of carboxylic acids is 1. The van der Waals surface area contributed by atoms with Crippen molar-refractivity contribution in [3.8, 4) is 0 Å². The first-order valence-electron chi connectivity index (χ1n) is 14.4. The number of nitrogens with one attached hydrogen (secondary N) is 1. The van der Waals surface area contributed by atoms with Crippen molar-refractivity contribution in [3.05, 3.63) is 77.4 Å². The number of hydrogen-bond donors (Lipinski definition) is 2. The molecule has 0 aliphatic heterocycles. The molecular weight excluding hydrogens is 529 g/mol. The van der Waals surface area contributed by atoms with Gasteiger partial charge in [0.25, 0.3) is 0 Å². The second-order valence-corrected chi connectivity index (χ2v) is 12.6. The molecule has 4 fully saturated rings. The molecule has 3 aromatic rings. The fraction of sp³-hybridized carbons (Fsp3) is 0.455. The highest BCUT2D eigenvalue weighted by molar-refractivity contribution is 5.98. The van der Waals surface area contributed by atoms with Gasteiger partial charge in [0.05, 0.1) is 12.0 Å². The van der Waals surface area contributed by atoms with Gasteiger partial charge in [-0.1, -0.05) is 48.5 Å². The van der Waals surface area contributed by atoms with Gasteiger partial charge in [-0.2, -0.15) is 13.2 Å². The number of carbonyl (C=O) groups excluding carboxylic acids is 1. The predicted molar refractivity (Wildman–Crippen MR) is 151 cm³/mol. The molecule has 4 saturated carbocycles. The van der Waals surface area contributed by atoms with Crippen LogP contribution in [0.3, 0.4) is 0 Å². The van der Waals surface area contributed by atoms with Crippen molar-refractivity contribution in [1.29, 1.82) is 0 Å². The van der Waals surface area contributed by atoms with E-state index in [1.54, 1.807) is 0 Å². The average molecular weight is 565 g/mol. The molecule has 4 bridgehead atoms. The first-order valence-corrected chi connectivity index (χ1v) is 14.4. The van der Waals surface area contributed by atoms with Gasteiger partial charge in [-0.25, -0.2) is 4.79 Å². The summed E-state index contributed by atoms with van der Waals surface area (Å²) in [6, 6.07) is 15.8. The number of alkyl halides is 3. The van der Waals surface area contributed by atoms with E-state index in [-0.39, 0.29) is 17.7 Å². The molecule has 4 aliphatic carbocycles. The first-order chi connectivity index (χ1) is 19.5. The maximum atomic E-state index is 13.5. The summed E-state index contributed by atoms with van der Waals surface area (Å²) >= 11 is 0. The molecule has 0 spiro atoms. The summed E-state index contributed by atoms with van der Waals surface area (Å²) in [4.78, 5) is 28.0. The van der Waals surface area contributed by atoms with Crippen molar-refractivity contribution in [2.45, 2.75) is 63.7 Å². The van der Waals surface area contributed by atoms with Crippen molar-refractivity contribution in [2.75, 3.05) is 11.9 Å². The van der Waals surface area contributed by atoms with Gasteiger partial charge < -0.3 is 15.3 Å². The normalized spacial score (nSPS) is 25.7. The Morgan fingerprint density at radius 3 is 2.15 bits per heavy atom. The Morgan fingerprint density at radius 2 is 1.56 bits per heavy atom. The van der Waals surface area contributed by atoms with Crippen molar-refractivity contribution in [3.63, 3.8) is 0 Å². The largest absolute Gasteiger partial charge is 0.480 e. The van der Waals surface area contributed by atoms with Gasteiger partial charge in [0.1, 0.15) is 6.04 Å². The molecule has 2 N–H and O–H groups in total. The molecule has 4 aliphatic rings. The minimum Gasteiger partial charge on any atom is -0.480 e. The number of benzene rings is 3. The monoisotopic (exact) mass is 564 g/mol. The molecule has 5 nitrogen and oxygen atoms in total. The number of aliphatic carboxylic acids is 1. The van der Waals surface area contributed by atoms with Gasteiger partial charge in [0.2, 0.25) is 5.91 Å². The van der Waals surface area contributed by atoms with Crippen molar-refractivity contribution < 1.29 is 27.9 Å². The van der Waals surface area contributed by atoms with Crippen LogP contribution >= 0.6 is 0 Å². The molecule has 3 aromatic carbocycles. The second-order valence-electron chi connectivity index (χ2n) is 12.6. The Bertz CT molecular complexity index is 1430. The Morgan fingerprint density at radius 1 is 0.951 bits per heavy atom. The van der Waals surface area contributed by atoms with Crippen LogP contribution in [-0.4, -0.2) is 30.1 Å². The zero-order valence-electron chi connectivity index (χ0n) is 23.1. The summed E-state index contributed by atoms with van der Waals surface area (Å²) < 4.78 is 39.2. The second kappa shape index (κ2) is 10.4. The Balaban J connectivity index is 1.25. The molecule has 41 heavy (non-hydrogen) atoms. The zero-order chi connectivity index (χ0) is 28.9. The van der Waals surface area contributed by atoms with Crippen LogP contribution in [0.4, 0.5) is 18.9 Å². The average Bonchev–Trinajstić information content (AvgIpc) is 2.90. The van der Waals surface area contributed by atoms with E-state index in [9.17, 15) is 27.9 Å². The fourth-order valence-electron chi connectivity index (χ4n) is 8.44. The van der Waals surface area contributed by atoms with E-state index in [0.29, 0.717) is 29.9 Å². The molecule has 0 radical (unpaired) electrons. The van der Waals surface area contributed by atoms with Gasteiger partial charge in [0, 0.05) is 30.1 Å². The number of carboxylic acid groups (broad SMARTS) is 1. The summed E-state index contributed by atoms with van der Waals surface area (Å²) in [7, 11) is 1.86. The lowest BCUT2D eigenvalue weighted by Crippen LogP contribution is -2.60. The van der Waals surface area contributed by atoms with E-state index in [1.165, 1.54) is 31.4 Å². The number of nitrogens with zero attached hydrogens (tertiary/aromatic N) is 1. The van der Waals surface area contributed by atoms with Crippen LogP contribution in [0.5, 0.6) is 0 Å². The molecule has 1 amide bonds. The predicted octanol–water partition coefficient (Wildman–Crippen LogP) is 6.82. The number of rotatable bonds is 8. The maximum absolute atomic E-state index is 13.5. The quantitative estimate of drug-likeness (QED) is 0.315. The minimum atomic E-state index is -4.40. The van der Waals surface area contributed by atoms with E-state index in [0.717, 1.165) is 53.4 Å². The third kappa shape index (κ3) is 5.41. The van der Waals surface area contributed by atoms with E-state index in [2.05, 4.69) is 5.32 Å². The van der Waals surface area contributed by atoms with E-state index < -0.39 is 23.8 Å². The van der Waals surface area contributed by atoms with Crippen LogP contribution < -0.4 is 10.2 Å². The Hall–Kier alpha value is -3.55. The third-order valence-electron chi connectivity index (χ3n) is 9.67. The van der Waals surface area contributed by atoms with Crippen LogP contribution in [0.2, 0.25) is 0 Å². The molecule has 0 aromatic heterocycles. The van der Waals surface area contributed by atoms with Crippen LogP contribution in [0.15, 0.2) is 60.7 Å². The van der Waals surface area contributed by atoms with E-state index >= 15 is 0 Å². The molecule has 8 heteroatoms. The highest BCUT2D eigenvalue weighted by Gasteiger charge is 2.56. The lowest BCUT2D eigenvalue weighted by molar-refractivity contribution is -0.154. The van der Waals surface area contributed by atoms with Crippen molar-refractivity contribution >= 4 is 28.3 Å². The van der Waals surface area contributed by atoms with Crippen molar-refractivity contribution in [1.82, 2.24) is 5.32 Å². The number of amides is 1. The number of carbonyl (C=O) groups is 2. The van der Waals surface area contributed by atoms with Gasteiger partial charge in [-0.15, -0.1) is 0 Å². The summed E-state index contributed by atoms with van der Waals surface area (Å²) in [6.07, 6.45) is 1.77. The molecule has 216 valence electrons. The van der Waals surface area contributed by atoms with Crippen molar-refractivity contribution in [2.24, 2.45) is 23.2 Å². The molecular formula is C33H35F3N2O3. The maximum Gasteiger partial charge on any atom is 0.416 e. The van der Waals surface area contributed by atoms with Crippen LogP contribution in [0.25, 0.3) is 10.8 Å². The lowest BCUT2D eigenvalue weighted by Gasteiger charge is -2.58. The van der Waals surface area contributed by atoms with Crippen LogP contribution in [0.1, 0.15) is 55.2 Å². The smallest absolute Gasteiger partial charge is 0.416 e. The van der Waals surface area contributed by atoms with Crippen LogP contribution in [-0.2, 0) is 28.7 Å². The Kier molecular flexibility index (Phi) is 6.99. The fourth-order valence-corrected chi connectivity index (χ4v) is 8.44. The lowest BCUT2D eigenvalue weighted by atomic mass is 9.47. The van der Waals surface area contributed by atoms with E-state index in [1.807, 2.05) is 48.3 Å². The standard InChI is InChI=1S/C33H35F3N2O3/c1-38(19-20-6-10-26(11-7-20)33(34,35)36)29-25(9-8-24-4-2-3-5-27(24)29)15-28(39)37-30(31(40)41)32-16-21-12-22(17-32)14-23(13-21)18-32/h2-11,21-23,30H,12-19H2,1H3,(H,37,39)(H,40,41). The van der Waals surface area contributed by atoms with Gasteiger partial charge in [-0.05, 0) is 84.9 Å². The van der Waals surface area contributed by atoms with Gasteiger partial charge in [-0.3, -0.25) is 4.79 Å². The molecule has 1 atom stereocenters. The first kappa shape index (κ1) is 27.6. The highest BCUT2D eigenvalue weighted by Crippen LogP contribution is 2.61. The molecule has 0 saturated heterocycles. The Labute approximate surface area is 237 Å². The summed E-state index contributed by atoms with van der Waals surface area (Å²) in [5.74, 6) is 0.397. The molecule has 7 rings (SSSR count). The topological polar surface area (TPSA) is 69.6 Å². The summed E-state index contributed by atoms with van der Waals surface area (Å²) in [6.45, 7) is 0.339.